The normalized spacial score (nSPS) is 12.0. The highest BCUT2D eigenvalue weighted by Crippen LogP contribution is 2.53. The highest BCUT2D eigenvalue weighted by molar-refractivity contribution is 7.53. The average Bonchev–Trinajstić information content (AvgIpc) is 3.05. The van der Waals surface area contributed by atoms with E-state index in [0.29, 0.717) is 51.1 Å². The van der Waals surface area contributed by atoms with Crippen molar-refractivity contribution in [3.8, 4) is 22.6 Å². The Morgan fingerprint density at radius 3 is 1.12 bits per heavy atom. The van der Waals surface area contributed by atoms with E-state index < -0.39 is 15.2 Å². The predicted molar refractivity (Wildman–Crippen MR) is 199 cm³/mol. The maximum atomic E-state index is 13.5. The van der Waals surface area contributed by atoms with Gasteiger partial charge in [-0.2, -0.15) is 0 Å². The molecule has 0 spiro atoms. The molecule has 0 aliphatic carbocycles. The summed E-state index contributed by atoms with van der Waals surface area (Å²) in [5, 5.41) is 0. The summed E-state index contributed by atoms with van der Waals surface area (Å²) in [4.78, 5) is 0. The summed E-state index contributed by atoms with van der Waals surface area (Å²) < 4.78 is 62.5. The fraction of sp³-hybridized carbons (Fsp3) is 0.684. The van der Waals surface area contributed by atoms with Gasteiger partial charge in [0.05, 0.1) is 52.0 Å². The van der Waals surface area contributed by atoms with Gasteiger partial charge in [-0.1, -0.05) is 90.2 Å². The van der Waals surface area contributed by atoms with Gasteiger partial charge in [0.1, 0.15) is 11.5 Å². The Hall–Kier alpha value is -1.66. The SMILES string of the molecule is CCCCCCCCOc1ccc(CP(=O)(OCC)OCC)cc1-c1cc(CP(=O)(OCC)OCC)ccc1OCCCCCCCC. The second-order valence-electron chi connectivity index (χ2n) is 12.1. The molecule has 0 amide bonds. The highest BCUT2D eigenvalue weighted by Gasteiger charge is 2.27. The second-order valence-corrected chi connectivity index (χ2v) is 16.2. The van der Waals surface area contributed by atoms with E-state index >= 15 is 0 Å². The molecular weight excluding hydrogens is 646 g/mol. The molecule has 0 radical (unpaired) electrons. The molecule has 8 nitrogen and oxygen atoms in total. The van der Waals surface area contributed by atoms with Crippen LogP contribution >= 0.6 is 15.2 Å². The first kappa shape index (κ1) is 42.5. The van der Waals surface area contributed by atoms with Gasteiger partial charge >= 0.3 is 15.2 Å². The third kappa shape index (κ3) is 15.9. The van der Waals surface area contributed by atoms with Crippen molar-refractivity contribution >= 4 is 15.2 Å². The number of rotatable bonds is 29. The van der Waals surface area contributed by atoms with Crippen LogP contribution in [0.4, 0.5) is 0 Å². The summed E-state index contributed by atoms with van der Waals surface area (Å²) in [5.41, 5.74) is 3.26. The minimum absolute atomic E-state index is 0.136. The Morgan fingerprint density at radius 1 is 0.458 bits per heavy atom. The fourth-order valence-corrected chi connectivity index (χ4v) is 9.02. The molecule has 0 N–H and O–H groups in total. The van der Waals surface area contributed by atoms with Crippen LogP contribution < -0.4 is 9.47 Å². The van der Waals surface area contributed by atoms with Crippen molar-refractivity contribution in [2.24, 2.45) is 0 Å². The zero-order chi connectivity index (χ0) is 35.1. The summed E-state index contributed by atoms with van der Waals surface area (Å²) in [6.07, 6.45) is 14.3. The molecule has 48 heavy (non-hydrogen) atoms. The molecule has 0 atom stereocenters. The quantitative estimate of drug-likeness (QED) is 0.0609. The number of hydrogen-bond donors (Lipinski definition) is 0. The van der Waals surface area contributed by atoms with Crippen molar-refractivity contribution in [2.75, 3.05) is 39.6 Å². The van der Waals surface area contributed by atoms with Crippen molar-refractivity contribution in [2.45, 2.75) is 131 Å². The van der Waals surface area contributed by atoms with Crippen molar-refractivity contribution in [1.82, 2.24) is 0 Å². The smallest absolute Gasteiger partial charge is 0.335 e. The number of unbranched alkanes of at least 4 members (excludes halogenated alkanes) is 10. The Kier molecular flexibility index (Phi) is 21.7. The van der Waals surface area contributed by atoms with Crippen molar-refractivity contribution in [3.63, 3.8) is 0 Å². The van der Waals surface area contributed by atoms with Crippen molar-refractivity contribution < 1.29 is 36.7 Å². The zero-order valence-corrected chi connectivity index (χ0v) is 32.6. The lowest BCUT2D eigenvalue weighted by Gasteiger charge is -2.21. The molecule has 2 aromatic rings. The third-order valence-corrected chi connectivity index (χ3v) is 12.1. The second kappa shape index (κ2) is 24.5. The van der Waals surface area contributed by atoms with E-state index in [2.05, 4.69) is 13.8 Å². The van der Waals surface area contributed by atoms with E-state index in [1.165, 1.54) is 51.4 Å². The summed E-state index contributed by atoms with van der Waals surface area (Å²) in [6, 6.07) is 11.8. The van der Waals surface area contributed by atoms with Crippen LogP contribution in [-0.4, -0.2) is 39.6 Å². The first-order chi connectivity index (χ1) is 23.3. The lowest BCUT2D eigenvalue weighted by atomic mass is 9.99. The molecule has 2 aromatic carbocycles. The Bertz CT molecular complexity index is 1140. The molecule has 2 rings (SSSR count). The van der Waals surface area contributed by atoms with Gasteiger partial charge in [0.25, 0.3) is 0 Å². The summed E-state index contributed by atoms with van der Waals surface area (Å²) in [5.74, 6) is 1.43. The average molecular weight is 711 g/mol. The van der Waals surface area contributed by atoms with Gasteiger partial charge in [-0.25, -0.2) is 0 Å². The molecular formula is C38H64O8P2. The minimum atomic E-state index is -3.35. The first-order valence-corrected chi connectivity index (χ1v) is 22.0. The molecule has 0 aliphatic heterocycles. The summed E-state index contributed by atoms with van der Waals surface area (Å²) in [7, 11) is -6.70. The van der Waals surface area contributed by atoms with E-state index in [9.17, 15) is 9.13 Å². The van der Waals surface area contributed by atoms with Gasteiger partial charge in [-0.15, -0.1) is 0 Å². The van der Waals surface area contributed by atoms with Gasteiger partial charge in [0, 0.05) is 11.1 Å². The van der Waals surface area contributed by atoms with Crippen LogP contribution in [0.15, 0.2) is 36.4 Å². The van der Waals surface area contributed by atoms with Gasteiger partial charge in [0.15, 0.2) is 0 Å². The maximum Gasteiger partial charge on any atom is 0.335 e. The first-order valence-electron chi connectivity index (χ1n) is 18.5. The molecule has 10 heteroatoms. The lowest BCUT2D eigenvalue weighted by Crippen LogP contribution is -2.04. The van der Waals surface area contributed by atoms with E-state index in [-0.39, 0.29) is 12.3 Å². The summed E-state index contributed by atoms with van der Waals surface area (Å²) in [6.45, 7) is 14.1. The molecule has 0 unspecified atom stereocenters. The zero-order valence-electron chi connectivity index (χ0n) is 30.8. The lowest BCUT2D eigenvalue weighted by molar-refractivity contribution is 0.218. The number of ether oxygens (including phenoxy) is 2. The fourth-order valence-electron chi connectivity index (χ4n) is 5.64. The molecule has 0 saturated heterocycles. The highest BCUT2D eigenvalue weighted by atomic mass is 31.2. The van der Waals surface area contributed by atoms with Crippen molar-refractivity contribution in [3.05, 3.63) is 47.5 Å². The molecule has 0 saturated carbocycles. The third-order valence-electron chi connectivity index (χ3n) is 7.94. The Morgan fingerprint density at radius 2 is 0.792 bits per heavy atom. The Labute approximate surface area is 292 Å². The van der Waals surface area contributed by atoms with Crippen LogP contribution in [-0.2, 0) is 39.5 Å². The molecule has 0 bridgehead atoms. The van der Waals surface area contributed by atoms with Crippen LogP contribution in [0.5, 0.6) is 11.5 Å². The monoisotopic (exact) mass is 710 g/mol. The maximum absolute atomic E-state index is 13.5. The predicted octanol–water partition coefficient (Wildman–Crippen LogP) is 12.4. The topological polar surface area (TPSA) is 89.5 Å². The molecule has 0 aliphatic rings. The number of benzene rings is 2. The van der Waals surface area contributed by atoms with Crippen LogP contribution in [0.25, 0.3) is 11.1 Å². The molecule has 0 heterocycles. The van der Waals surface area contributed by atoms with Gasteiger partial charge < -0.3 is 27.6 Å². The van der Waals surface area contributed by atoms with Gasteiger partial charge in [0.2, 0.25) is 0 Å². The van der Waals surface area contributed by atoms with Crippen LogP contribution in [0.2, 0.25) is 0 Å². The standard InChI is InChI=1S/C38H64O8P2/c1-7-13-15-17-19-21-27-41-37-25-23-33(31-47(39,43-9-3)44-10-4)29-35(37)36-30-34(32-48(40,45-11-5)46-12-6)24-26-38(36)42-28-22-20-18-16-14-8-2/h23-26,29-30H,7-22,27-28,31-32H2,1-6H3. The van der Waals surface area contributed by atoms with Crippen LogP contribution in [0.3, 0.4) is 0 Å². The molecule has 0 fully saturated rings. The van der Waals surface area contributed by atoms with Crippen LogP contribution in [0, 0.1) is 0 Å². The molecule has 0 aromatic heterocycles. The minimum Gasteiger partial charge on any atom is -0.493 e. The van der Waals surface area contributed by atoms with E-state index in [0.717, 1.165) is 47.9 Å². The van der Waals surface area contributed by atoms with Crippen LogP contribution in [0.1, 0.15) is 130 Å². The van der Waals surface area contributed by atoms with E-state index in [1.807, 2.05) is 64.1 Å². The van der Waals surface area contributed by atoms with Crippen molar-refractivity contribution in [1.29, 1.82) is 0 Å². The number of hydrogen-bond acceptors (Lipinski definition) is 8. The van der Waals surface area contributed by atoms with E-state index in [4.69, 9.17) is 27.6 Å². The molecule has 274 valence electrons. The largest absolute Gasteiger partial charge is 0.493 e. The summed E-state index contributed by atoms with van der Waals surface area (Å²) >= 11 is 0. The van der Waals surface area contributed by atoms with Gasteiger partial charge in [-0.05, 0) is 75.9 Å². The van der Waals surface area contributed by atoms with E-state index in [1.54, 1.807) is 0 Å². The van der Waals surface area contributed by atoms with Gasteiger partial charge in [-0.3, -0.25) is 9.13 Å². The Balaban J connectivity index is 2.53.